The first-order valence-corrected chi connectivity index (χ1v) is 11.4. The molecule has 1 aliphatic heterocycles. The molecule has 1 unspecified atom stereocenters. The summed E-state index contributed by atoms with van der Waals surface area (Å²) >= 11 is 1.53. The second-order valence-corrected chi connectivity index (χ2v) is 8.99. The van der Waals surface area contributed by atoms with Gasteiger partial charge in [-0.05, 0) is 34.6 Å². The Bertz CT molecular complexity index is 1180. The zero-order valence-electron chi connectivity index (χ0n) is 18.2. The Hall–Kier alpha value is -3.72. The molecule has 2 aromatic carbocycles. The largest absolute Gasteiger partial charge is 0.482 e. The Morgan fingerprint density at radius 3 is 2.55 bits per heavy atom. The Labute approximate surface area is 194 Å². The molecule has 0 saturated heterocycles. The van der Waals surface area contributed by atoms with Crippen molar-refractivity contribution < 1.29 is 19.2 Å². The molecule has 4 rings (SSSR count). The number of fused-ring (bicyclic) bond motifs is 1. The van der Waals surface area contributed by atoms with Gasteiger partial charge in [-0.1, -0.05) is 44.2 Å². The van der Waals surface area contributed by atoms with Crippen LogP contribution in [0, 0.1) is 10.1 Å². The number of nitro benzene ring substituents is 1. The fourth-order valence-electron chi connectivity index (χ4n) is 3.68. The summed E-state index contributed by atoms with van der Waals surface area (Å²) in [6, 6.07) is 15.6. The number of benzene rings is 2. The lowest BCUT2D eigenvalue weighted by molar-refractivity contribution is -0.384. The number of nitrogens with one attached hydrogen (secondary N) is 1. The Kier molecular flexibility index (Phi) is 6.41. The number of thiophene rings is 1. The highest BCUT2D eigenvalue weighted by atomic mass is 32.1. The first kappa shape index (κ1) is 22.5. The van der Waals surface area contributed by atoms with Gasteiger partial charge in [0.05, 0.1) is 16.7 Å². The van der Waals surface area contributed by atoms with E-state index in [1.54, 1.807) is 0 Å². The molecule has 1 N–H and O–H groups in total. The molecule has 0 bridgehead atoms. The molecule has 0 spiro atoms. The molecule has 1 aromatic heterocycles. The Morgan fingerprint density at radius 1 is 1.18 bits per heavy atom. The van der Waals surface area contributed by atoms with Gasteiger partial charge in [-0.15, -0.1) is 11.3 Å². The monoisotopic (exact) mass is 465 g/mol. The van der Waals surface area contributed by atoms with Crippen molar-refractivity contribution in [1.82, 2.24) is 5.32 Å². The Balaban J connectivity index is 1.58. The highest BCUT2D eigenvalue weighted by Gasteiger charge is 2.30. The molecule has 3 aromatic rings. The second kappa shape index (κ2) is 9.41. The molecule has 0 aliphatic carbocycles. The normalized spacial score (nSPS) is 13.9. The standard InChI is InChI=1S/C24H23N3O5S/c1-15(2)16-5-7-17(8-6-16)24(21-4-3-11-33-21)25-22(28)13-26-19-12-18(27(30)31)9-10-20(19)32-14-23(26)29/h3-12,15,24H,13-14H2,1-2H3,(H,25,28). The number of carbonyl (C=O) groups is 2. The summed E-state index contributed by atoms with van der Waals surface area (Å²) in [6.45, 7) is 3.73. The molecule has 0 radical (unpaired) electrons. The SMILES string of the molecule is CC(C)c1ccc(C(NC(=O)CN2C(=O)COc3ccc([N+](=O)[O-])cc32)c2cccs2)cc1. The smallest absolute Gasteiger partial charge is 0.271 e. The molecular weight excluding hydrogens is 442 g/mol. The Morgan fingerprint density at radius 2 is 1.91 bits per heavy atom. The van der Waals surface area contributed by atoms with Gasteiger partial charge in [0.15, 0.2) is 6.61 Å². The van der Waals surface area contributed by atoms with Crippen LogP contribution in [0.2, 0.25) is 0 Å². The van der Waals surface area contributed by atoms with Gasteiger partial charge < -0.3 is 10.1 Å². The predicted octanol–water partition coefficient (Wildman–Crippen LogP) is 4.41. The van der Waals surface area contributed by atoms with E-state index >= 15 is 0 Å². The number of amides is 2. The second-order valence-electron chi connectivity index (χ2n) is 8.02. The maximum Gasteiger partial charge on any atom is 0.271 e. The van der Waals surface area contributed by atoms with Crippen LogP contribution in [0.4, 0.5) is 11.4 Å². The van der Waals surface area contributed by atoms with Crippen LogP contribution < -0.4 is 15.0 Å². The molecule has 1 aliphatic rings. The van der Waals surface area contributed by atoms with E-state index in [0.29, 0.717) is 11.7 Å². The van der Waals surface area contributed by atoms with Gasteiger partial charge in [0, 0.05) is 17.0 Å². The summed E-state index contributed by atoms with van der Waals surface area (Å²) in [5.74, 6) is -0.0986. The van der Waals surface area contributed by atoms with Gasteiger partial charge in [-0.2, -0.15) is 0 Å². The summed E-state index contributed by atoms with van der Waals surface area (Å²) in [7, 11) is 0. The minimum Gasteiger partial charge on any atom is -0.482 e. The molecule has 2 heterocycles. The third-order valence-corrected chi connectivity index (χ3v) is 6.40. The van der Waals surface area contributed by atoms with Gasteiger partial charge in [0.2, 0.25) is 5.91 Å². The maximum absolute atomic E-state index is 13.1. The van der Waals surface area contributed by atoms with E-state index in [2.05, 4.69) is 19.2 Å². The van der Waals surface area contributed by atoms with Crippen LogP contribution in [0.15, 0.2) is 60.0 Å². The van der Waals surface area contributed by atoms with Crippen LogP contribution in [0.3, 0.4) is 0 Å². The lowest BCUT2D eigenvalue weighted by atomic mass is 9.98. The van der Waals surface area contributed by atoms with Crippen molar-refractivity contribution >= 4 is 34.5 Å². The maximum atomic E-state index is 13.1. The first-order valence-electron chi connectivity index (χ1n) is 10.5. The van der Waals surface area contributed by atoms with Gasteiger partial charge in [-0.25, -0.2) is 0 Å². The highest BCUT2D eigenvalue weighted by molar-refractivity contribution is 7.10. The van der Waals surface area contributed by atoms with E-state index in [4.69, 9.17) is 4.74 Å². The van der Waals surface area contributed by atoms with Crippen molar-refractivity contribution in [2.24, 2.45) is 0 Å². The fourth-order valence-corrected chi connectivity index (χ4v) is 4.48. The molecule has 2 amide bonds. The average Bonchev–Trinajstić information content (AvgIpc) is 3.34. The lowest BCUT2D eigenvalue weighted by Gasteiger charge is -2.29. The third-order valence-electron chi connectivity index (χ3n) is 5.47. The summed E-state index contributed by atoms with van der Waals surface area (Å²) < 4.78 is 5.38. The van der Waals surface area contributed by atoms with E-state index in [-0.39, 0.29) is 36.5 Å². The van der Waals surface area contributed by atoms with Gasteiger partial charge in [0.25, 0.3) is 11.6 Å². The zero-order valence-corrected chi connectivity index (χ0v) is 19.0. The van der Waals surface area contributed by atoms with Crippen LogP contribution in [0.1, 0.15) is 41.8 Å². The molecular formula is C24H23N3O5S. The number of nitro groups is 1. The quantitative estimate of drug-likeness (QED) is 0.411. The molecule has 0 fully saturated rings. The minimum absolute atomic E-state index is 0.181. The zero-order chi connectivity index (χ0) is 23.5. The summed E-state index contributed by atoms with van der Waals surface area (Å²) in [4.78, 5) is 38.4. The van der Waals surface area contributed by atoms with Crippen LogP contribution in [-0.2, 0) is 9.59 Å². The number of anilines is 1. The van der Waals surface area contributed by atoms with Crippen molar-refractivity contribution in [2.75, 3.05) is 18.1 Å². The molecule has 170 valence electrons. The number of ether oxygens (including phenoxy) is 1. The number of hydrogen-bond donors (Lipinski definition) is 1. The fraction of sp³-hybridized carbons (Fsp3) is 0.250. The lowest BCUT2D eigenvalue weighted by Crippen LogP contribution is -2.45. The van der Waals surface area contributed by atoms with Gasteiger partial charge in [-0.3, -0.25) is 24.6 Å². The molecule has 9 heteroatoms. The molecule has 0 saturated carbocycles. The first-order chi connectivity index (χ1) is 15.8. The summed E-state index contributed by atoms with van der Waals surface area (Å²) in [5, 5.41) is 16.1. The molecule has 1 atom stereocenters. The number of non-ortho nitro benzene ring substituents is 1. The van der Waals surface area contributed by atoms with Crippen molar-refractivity contribution in [2.45, 2.75) is 25.8 Å². The van der Waals surface area contributed by atoms with Crippen molar-refractivity contribution in [3.63, 3.8) is 0 Å². The predicted molar refractivity (Wildman–Crippen MR) is 126 cm³/mol. The van der Waals surface area contributed by atoms with Crippen LogP contribution in [-0.4, -0.2) is 29.9 Å². The minimum atomic E-state index is -0.550. The van der Waals surface area contributed by atoms with Gasteiger partial charge in [0.1, 0.15) is 12.3 Å². The van der Waals surface area contributed by atoms with E-state index in [9.17, 15) is 19.7 Å². The third kappa shape index (κ3) is 4.88. The summed E-state index contributed by atoms with van der Waals surface area (Å²) in [6.07, 6.45) is 0. The summed E-state index contributed by atoms with van der Waals surface area (Å²) in [5.41, 5.74) is 2.16. The van der Waals surface area contributed by atoms with Gasteiger partial charge >= 0.3 is 0 Å². The topological polar surface area (TPSA) is 102 Å². The van der Waals surface area contributed by atoms with Crippen LogP contribution >= 0.6 is 11.3 Å². The van der Waals surface area contributed by atoms with E-state index in [1.165, 1.54) is 40.0 Å². The van der Waals surface area contributed by atoms with E-state index < -0.39 is 10.8 Å². The average molecular weight is 466 g/mol. The highest BCUT2D eigenvalue weighted by Crippen LogP contribution is 2.35. The van der Waals surface area contributed by atoms with Crippen molar-refractivity contribution in [3.05, 3.63) is 86.1 Å². The number of carbonyl (C=O) groups excluding carboxylic acids is 2. The van der Waals surface area contributed by atoms with Crippen molar-refractivity contribution in [3.8, 4) is 5.75 Å². The number of nitrogens with zero attached hydrogens (tertiary/aromatic N) is 2. The van der Waals surface area contributed by atoms with Crippen molar-refractivity contribution in [1.29, 1.82) is 0 Å². The van der Waals surface area contributed by atoms with E-state index in [0.717, 1.165) is 10.4 Å². The number of hydrogen-bond acceptors (Lipinski definition) is 6. The van der Waals surface area contributed by atoms with Crippen LogP contribution in [0.5, 0.6) is 5.75 Å². The number of rotatable bonds is 7. The van der Waals surface area contributed by atoms with E-state index in [1.807, 2.05) is 41.8 Å². The van der Waals surface area contributed by atoms with Crippen LogP contribution in [0.25, 0.3) is 0 Å². The molecule has 8 nitrogen and oxygen atoms in total. The molecule has 33 heavy (non-hydrogen) atoms.